The fraction of sp³-hybridized carbons (Fsp3) is 0.136. The van der Waals surface area contributed by atoms with E-state index in [-0.39, 0.29) is 22.5 Å². The molecule has 0 aromatic heterocycles. The van der Waals surface area contributed by atoms with Crippen molar-refractivity contribution < 1.29 is 27.6 Å². The zero-order chi connectivity index (χ0) is 24.0. The summed E-state index contributed by atoms with van der Waals surface area (Å²) < 4.78 is 38.3. The molecule has 10 nitrogen and oxygen atoms in total. The Bertz CT molecular complexity index is 1290. The van der Waals surface area contributed by atoms with Gasteiger partial charge in [-0.05, 0) is 24.3 Å². The second-order valence-corrected chi connectivity index (χ2v) is 8.54. The standard InChI is InChI=1S/C22H21N3O7S/c1-31-16-11-12-19(21(13-16)32-2)23-22(26)17-8-4-5-9-18(17)24-33(29,30)14-15-7-3-6-10-20(15)25(27)28/h3-13,24H,14H2,1-2H3,(H,23,26). The van der Waals surface area contributed by atoms with Crippen molar-refractivity contribution in [1.82, 2.24) is 0 Å². The summed E-state index contributed by atoms with van der Waals surface area (Å²) in [5, 5.41) is 13.9. The maximum atomic E-state index is 12.9. The lowest BCUT2D eigenvalue weighted by Gasteiger charge is -2.15. The molecule has 0 atom stereocenters. The van der Waals surface area contributed by atoms with Gasteiger partial charge in [0.1, 0.15) is 17.3 Å². The van der Waals surface area contributed by atoms with Crippen molar-refractivity contribution in [2.75, 3.05) is 24.3 Å². The van der Waals surface area contributed by atoms with E-state index in [1.165, 1.54) is 50.6 Å². The lowest BCUT2D eigenvalue weighted by atomic mass is 10.1. The fourth-order valence-electron chi connectivity index (χ4n) is 3.08. The van der Waals surface area contributed by atoms with E-state index in [0.717, 1.165) is 0 Å². The Morgan fingerprint density at radius 3 is 2.36 bits per heavy atom. The number of carbonyl (C=O) groups is 1. The first-order chi connectivity index (χ1) is 15.7. The number of rotatable bonds is 9. The van der Waals surface area contributed by atoms with Crippen LogP contribution in [0.15, 0.2) is 66.7 Å². The Balaban J connectivity index is 1.85. The maximum Gasteiger partial charge on any atom is 0.273 e. The number of nitro benzene ring substituents is 1. The van der Waals surface area contributed by atoms with Crippen LogP contribution in [-0.2, 0) is 15.8 Å². The molecular formula is C22H21N3O7S. The Morgan fingerprint density at radius 1 is 0.970 bits per heavy atom. The van der Waals surface area contributed by atoms with Crippen LogP contribution in [0, 0.1) is 10.1 Å². The Labute approximate surface area is 190 Å². The first-order valence-corrected chi connectivity index (χ1v) is 11.2. The topological polar surface area (TPSA) is 137 Å². The van der Waals surface area contributed by atoms with Crippen LogP contribution in [0.25, 0.3) is 0 Å². The van der Waals surface area contributed by atoms with Gasteiger partial charge >= 0.3 is 0 Å². The molecule has 0 radical (unpaired) electrons. The first-order valence-electron chi connectivity index (χ1n) is 9.59. The predicted octanol–water partition coefficient (Wildman–Crippen LogP) is 3.81. The minimum atomic E-state index is -4.07. The van der Waals surface area contributed by atoms with Crippen molar-refractivity contribution in [3.63, 3.8) is 0 Å². The normalized spacial score (nSPS) is 10.8. The highest BCUT2D eigenvalue weighted by atomic mass is 32.2. The summed E-state index contributed by atoms with van der Waals surface area (Å²) in [6.07, 6.45) is 0. The summed E-state index contributed by atoms with van der Waals surface area (Å²) in [7, 11) is -1.13. The van der Waals surface area contributed by atoms with E-state index in [0.29, 0.717) is 17.2 Å². The molecule has 0 aliphatic heterocycles. The van der Waals surface area contributed by atoms with Crippen LogP contribution in [0.4, 0.5) is 17.1 Å². The van der Waals surface area contributed by atoms with E-state index >= 15 is 0 Å². The van der Waals surface area contributed by atoms with Crippen LogP contribution in [0.1, 0.15) is 15.9 Å². The molecule has 0 aliphatic carbocycles. The van der Waals surface area contributed by atoms with E-state index in [1.54, 1.807) is 30.3 Å². The molecule has 0 saturated heterocycles. The van der Waals surface area contributed by atoms with Gasteiger partial charge < -0.3 is 14.8 Å². The molecule has 11 heteroatoms. The van der Waals surface area contributed by atoms with Gasteiger partial charge in [0, 0.05) is 17.7 Å². The molecule has 3 aromatic carbocycles. The second kappa shape index (κ2) is 10.0. The van der Waals surface area contributed by atoms with Crippen molar-refractivity contribution in [2.45, 2.75) is 5.75 Å². The van der Waals surface area contributed by atoms with E-state index in [9.17, 15) is 23.3 Å². The molecule has 0 bridgehead atoms. The number of hydrogen-bond donors (Lipinski definition) is 2. The number of benzene rings is 3. The highest BCUT2D eigenvalue weighted by molar-refractivity contribution is 7.91. The third-order valence-electron chi connectivity index (χ3n) is 4.63. The third kappa shape index (κ3) is 5.77. The number of nitrogens with one attached hydrogen (secondary N) is 2. The summed E-state index contributed by atoms with van der Waals surface area (Å²) in [5.41, 5.74) is 0.170. The number of nitrogens with zero attached hydrogens (tertiary/aromatic N) is 1. The number of methoxy groups -OCH3 is 2. The molecule has 0 unspecified atom stereocenters. The molecule has 0 saturated carbocycles. The van der Waals surface area contributed by atoms with Crippen LogP contribution in [0.2, 0.25) is 0 Å². The number of amides is 1. The molecule has 0 spiro atoms. The minimum Gasteiger partial charge on any atom is -0.497 e. The number of ether oxygens (including phenoxy) is 2. The van der Waals surface area contributed by atoms with Gasteiger partial charge in [-0.15, -0.1) is 0 Å². The summed E-state index contributed by atoms with van der Waals surface area (Å²) >= 11 is 0. The summed E-state index contributed by atoms with van der Waals surface area (Å²) in [5.74, 6) is -0.320. The van der Waals surface area contributed by atoms with Crippen molar-refractivity contribution in [2.24, 2.45) is 0 Å². The Morgan fingerprint density at radius 2 is 1.67 bits per heavy atom. The van der Waals surface area contributed by atoms with Gasteiger partial charge in [-0.2, -0.15) is 0 Å². The highest BCUT2D eigenvalue weighted by Crippen LogP contribution is 2.30. The van der Waals surface area contributed by atoms with Gasteiger partial charge in [0.2, 0.25) is 10.0 Å². The molecule has 3 aromatic rings. The molecule has 172 valence electrons. The number of hydrogen-bond acceptors (Lipinski definition) is 7. The fourth-order valence-corrected chi connectivity index (χ4v) is 4.32. The van der Waals surface area contributed by atoms with Crippen LogP contribution in [0.3, 0.4) is 0 Å². The van der Waals surface area contributed by atoms with Gasteiger partial charge in [-0.1, -0.05) is 30.3 Å². The van der Waals surface area contributed by atoms with E-state index < -0.39 is 26.6 Å². The average molecular weight is 471 g/mol. The van der Waals surface area contributed by atoms with Gasteiger partial charge in [0.25, 0.3) is 11.6 Å². The van der Waals surface area contributed by atoms with Gasteiger partial charge in [-0.25, -0.2) is 8.42 Å². The molecule has 33 heavy (non-hydrogen) atoms. The molecule has 0 fully saturated rings. The smallest absolute Gasteiger partial charge is 0.273 e. The number of sulfonamides is 1. The van der Waals surface area contributed by atoms with E-state index in [2.05, 4.69) is 10.0 Å². The third-order valence-corrected chi connectivity index (χ3v) is 5.85. The quantitative estimate of drug-likeness (QED) is 0.358. The van der Waals surface area contributed by atoms with Crippen molar-refractivity contribution in [1.29, 1.82) is 0 Å². The Hall–Kier alpha value is -4.12. The van der Waals surface area contributed by atoms with Crippen LogP contribution >= 0.6 is 0 Å². The molecule has 0 heterocycles. The van der Waals surface area contributed by atoms with E-state index in [1.807, 2.05) is 0 Å². The molecule has 3 rings (SSSR count). The zero-order valence-corrected chi connectivity index (χ0v) is 18.6. The highest BCUT2D eigenvalue weighted by Gasteiger charge is 2.22. The number of carbonyl (C=O) groups excluding carboxylic acids is 1. The average Bonchev–Trinajstić information content (AvgIpc) is 2.79. The predicted molar refractivity (Wildman–Crippen MR) is 123 cm³/mol. The summed E-state index contributed by atoms with van der Waals surface area (Å²) in [4.78, 5) is 23.5. The molecule has 1 amide bonds. The summed E-state index contributed by atoms with van der Waals surface area (Å²) in [6.45, 7) is 0. The molecule has 0 aliphatic rings. The second-order valence-electron chi connectivity index (χ2n) is 6.81. The van der Waals surface area contributed by atoms with Crippen LogP contribution in [0.5, 0.6) is 11.5 Å². The molecular weight excluding hydrogens is 450 g/mol. The maximum absolute atomic E-state index is 12.9. The SMILES string of the molecule is COc1ccc(NC(=O)c2ccccc2NS(=O)(=O)Cc2ccccc2[N+](=O)[O-])c(OC)c1. The lowest BCUT2D eigenvalue weighted by Crippen LogP contribution is -2.20. The monoisotopic (exact) mass is 471 g/mol. The number of para-hydroxylation sites is 2. The largest absolute Gasteiger partial charge is 0.497 e. The van der Waals surface area contributed by atoms with Gasteiger partial charge in [0.05, 0.1) is 36.1 Å². The minimum absolute atomic E-state index is 0.0277. The lowest BCUT2D eigenvalue weighted by molar-refractivity contribution is -0.385. The van der Waals surface area contributed by atoms with Crippen LogP contribution in [-0.4, -0.2) is 33.5 Å². The number of nitro groups is 1. The van der Waals surface area contributed by atoms with Gasteiger partial charge in [0.15, 0.2) is 0 Å². The van der Waals surface area contributed by atoms with Crippen LogP contribution < -0.4 is 19.5 Å². The van der Waals surface area contributed by atoms with Crippen molar-refractivity contribution in [3.8, 4) is 11.5 Å². The van der Waals surface area contributed by atoms with Crippen molar-refractivity contribution >= 4 is 33.0 Å². The summed E-state index contributed by atoms with van der Waals surface area (Å²) in [6, 6.07) is 16.4. The van der Waals surface area contributed by atoms with Crippen molar-refractivity contribution in [3.05, 3.63) is 88.0 Å². The van der Waals surface area contributed by atoms with E-state index in [4.69, 9.17) is 9.47 Å². The molecule has 2 N–H and O–H groups in total. The van der Waals surface area contributed by atoms with Gasteiger partial charge in [-0.3, -0.25) is 19.6 Å². The Kier molecular flexibility index (Phi) is 7.13. The first kappa shape index (κ1) is 23.5. The number of anilines is 2. The zero-order valence-electron chi connectivity index (χ0n) is 17.8.